The zero-order valence-electron chi connectivity index (χ0n) is 10.3. The normalized spacial score (nSPS) is 11.3. The number of nitrogens with one attached hydrogen (secondary N) is 1. The monoisotopic (exact) mass is 264 g/mol. The number of esters is 1. The Bertz CT molecular complexity index is 547. The Hall–Kier alpha value is -2.70. The summed E-state index contributed by atoms with van der Waals surface area (Å²) in [5, 5.41) is 13.9. The third-order valence-electron chi connectivity index (χ3n) is 2.19. The molecule has 1 rings (SSSR count). The highest BCUT2D eigenvalue weighted by Gasteiger charge is 2.15. The van der Waals surface area contributed by atoms with Crippen LogP contribution in [0.15, 0.2) is 40.9 Å². The molecule has 0 aliphatic rings. The van der Waals surface area contributed by atoms with Crippen molar-refractivity contribution < 1.29 is 19.4 Å². The van der Waals surface area contributed by atoms with Gasteiger partial charge in [-0.15, -0.1) is 4.91 Å². The summed E-state index contributed by atoms with van der Waals surface area (Å²) in [4.78, 5) is 33.3. The number of amides is 1. The molecular formula is C12H12N2O5. The lowest BCUT2D eigenvalue weighted by Gasteiger charge is -2.06. The first kappa shape index (κ1) is 14.4. The summed E-state index contributed by atoms with van der Waals surface area (Å²) in [5.41, 5.74) is -0.107. The van der Waals surface area contributed by atoms with E-state index in [1.807, 2.05) is 0 Å². The van der Waals surface area contributed by atoms with Crippen LogP contribution in [0, 0.1) is 4.91 Å². The molecule has 0 aromatic heterocycles. The van der Waals surface area contributed by atoms with E-state index in [0.29, 0.717) is 0 Å². The van der Waals surface area contributed by atoms with Gasteiger partial charge >= 0.3 is 5.97 Å². The second-order valence-electron chi connectivity index (χ2n) is 3.55. The van der Waals surface area contributed by atoms with E-state index < -0.39 is 23.3 Å². The van der Waals surface area contributed by atoms with E-state index in [2.05, 4.69) is 15.2 Å². The number of allylic oxidation sites excluding steroid dienone is 1. The summed E-state index contributed by atoms with van der Waals surface area (Å²) in [6.45, 7) is 1.17. The molecule has 100 valence electrons. The fourth-order valence-corrected chi connectivity index (χ4v) is 1.30. The molecule has 0 unspecified atom stereocenters. The molecule has 0 aliphatic heterocycles. The lowest BCUT2D eigenvalue weighted by Crippen LogP contribution is -2.15. The molecule has 1 aromatic rings. The predicted octanol–water partition coefficient (Wildman–Crippen LogP) is 1.97. The number of aliphatic hydroxyl groups is 1. The largest absolute Gasteiger partial charge is 0.510 e. The van der Waals surface area contributed by atoms with Crippen LogP contribution in [0.2, 0.25) is 0 Å². The van der Waals surface area contributed by atoms with Crippen LogP contribution in [0.1, 0.15) is 17.3 Å². The molecular weight excluding hydrogens is 252 g/mol. The molecule has 0 fully saturated rings. The number of methoxy groups -OCH3 is 1. The first-order valence-corrected chi connectivity index (χ1v) is 5.22. The molecule has 7 heteroatoms. The van der Waals surface area contributed by atoms with Crippen molar-refractivity contribution in [1.82, 2.24) is 0 Å². The van der Waals surface area contributed by atoms with Crippen molar-refractivity contribution in [3.05, 3.63) is 46.2 Å². The highest BCUT2D eigenvalue weighted by molar-refractivity contribution is 6.04. The maximum atomic E-state index is 11.6. The number of carbonyl (C=O) groups is 2. The third kappa shape index (κ3) is 3.63. The quantitative estimate of drug-likeness (QED) is 0.374. The van der Waals surface area contributed by atoms with Gasteiger partial charge < -0.3 is 15.2 Å². The summed E-state index contributed by atoms with van der Waals surface area (Å²) in [7, 11) is 1.24. The predicted molar refractivity (Wildman–Crippen MR) is 67.5 cm³/mol. The van der Waals surface area contributed by atoms with Gasteiger partial charge in [-0.1, -0.05) is 6.07 Å². The van der Waals surface area contributed by atoms with Crippen LogP contribution in [0.25, 0.3) is 0 Å². The smallest absolute Gasteiger partial charge is 0.337 e. The number of carbonyl (C=O) groups excluding carboxylic acids is 2. The maximum Gasteiger partial charge on any atom is 0.337 e. The van der Waals surface area contributed by atoms with Gasteiger partial charge in [0.2, 0.25) is 5.70 Å². The molecule has 0 aliphatic carbocycles. The number of aliphatic hydroxyl groups excluding tert-OH is 1. The fourth-order valence-electron chi connectivity index (χ4n) is 1.30. The highest BCUT2D eigenvalue weighted by Crippen LogP contribution is 2.14. The van der Waals surface area contributed by atoms with E-state index in [-0.39, 0.29) is 11.3 Å². The average molecular weight is 264 g/mol. The van der Waals surface area contributed by atoms with E-state index in [1.165, 1.54) is 38.3 Å². The van der Waals surface area contributed by atoms with E-state index in [4.69, 9.17) is 5.11 Å². The van der Waals surface area contributed by atoms with Crippen molar-refractivity contribution >= 4 is 17.6 Å². The van der Waals surface area contributed by atoms with Gasteiger partial charge in [0.05, 0.1) is 12.7 Å². The van der Waals surface area contributed by atoms with E-state index in [9.17, 15) is 14.5 Å². The van der Waals surface area contributed by atoms with Crippen LogP contribution in [0.4, 0.5) is 5.69 Å². The summed E-state index contributed by atoms with van der Waals surface area (Å²) < 4.78 is 4.53. The lowest BCUT2D eigenvalue weighted by atomic mass is 10.2. The van der Waals surface area contributed by atoms with Gasteiger partial charge in [-0.05, 0) is 30.3 Å². The van der Waals surface area contributed by atoms with Crippen LogP contribution in [-0.2, 0) is 9.53 Å². The Morgan fingerprint density at radius 2 is 2.05 bits per heavy atom. The number of nitrogens with zero attached hydrogens (tertiary/aromatic N) is 1. The van der Waals surface area contributed by atoms with Crippen molar-refractivity contribution in [3.8, 4) is 0 Å². The van der Waals surface area contributed by atoms with Crippen molar-refractivity contribution in [2.45, 2.75) is 6.92 Å². The second-order valence-corrected chi connectivity index (χ2v) is 3.55. The lowest BCUT2D eigenvalue weighted by molar-refractivity contribution is -0.113. The molecule has 1 amide bonds. The Labute approximate surface area is 108 Å². The average Bonchev–Trinajstić information content (AvgIpc) is 2.38. The summed E-state index contributed by atoms with van der Waals surface area (Å²) in [6, 6.07) is 5.93. The topological polar surface area (TPSA) is 105 Å². The zero-order chi connectivity index (χ0) is 14.4. The molecule has 1 aromatic carbocycles. The number of ether oxygens (including phenoxy) is 1. The molecule has 0 atom stereocenters. The van der Waals surface area contributed by atoms with Crippen molar-refractivity contribution in [2.75, 3.05) is 12.4 Å². The van der Waals surface area contributed by atoms with Gasteiger partial charge in [-0.25, -0.2) is 4.79 Å². The van der Waals surface area contributed by atoms with Crippen LogP contribution in [-0.4, -0.2) is 24.1 Å². The minimum atomic E-state index is -0.864. The fraction of sp³-hybridized carbons (Fsp3) is 0.167. The van der Waals surface area contributed by atoms with Gasteiger partial charge in [-0.2, -0.15) is 0 Å². The number of nitroso groups, excluding NO2 is 1. The summed E-state index contributed by atoms with van der Waals surface area (Å²) in [6.07, 6.45) is 0. The van der Waals surface area contributed by atoms with Gasteiger partial charge in [0.15, 0.2) is 0 Å². The maximum absolute atomic E-state index is 11.6. The van der Waals surface area contributed by atoms with Crippen molar-refractivity contribution in [2.24, 2.45) is 5.18 Å². The first-order valence-electron chi connectivity index (χ1n) is 5.22. The molecule has 0 saturated carbocycles. The number of hydrogen-bond donors (Lipinski definition) is 2. The molecule has 0 spiro atoms. The standard InChI is InChI=1S/C12H12N2O5/c1-7(15)10(14-18)11(16)13-9-5-3-4-8(6-9)12(17)19-2/h3-6,15H,1-2H3,(H,13,16). The molecule has 2 N–H and O–H groups in total. The Morgan fingerprint density at radius 3 is 2.58 bits per heavy atom. The first-order chi connectivity index (χ1) is 8.99. The third-order valence-corrected chi connectivity index (χ3v) is 2.19. The second kappa shape index (κ2) is 6.29. The number of benzene rings is 1. The van der Waals surface area contributed by atoms with Crippen molar-refractivity contribution in [3.63, 3.8) is 0 Å². The molecule has 0 bridgehead atoms. The molecule has 0 saturated heterocycles. The Balaban J connectivity index is 2.95. The zero-order valence-corrected chi connectivity index (χ0v) is 10.3. The van der Waals surface area contributed by atoms with Crippen molar-refractivity contribution in [1.29, 1.82) is 0 Å². The molecule has 0 heterocycles. The van der Waals surface area contributed by atoms with Crippen LogP contribution < -0.4 is 5.32 Å². The van der Waals surface area contributed by atoms with Gasteiger partial charge in [0, 0.05) is 5.69 Å². The number of hydrogen-bond acceptors (Lipinski definition) is 6. The van der Waals surface area contributed by atoms with E-state index in [1.54, 1.807) is 0 Å². The highest BCUT2D eigenvalue weighted by atomic mass is 16.5. The van der Waals surface area contributed by atoms with Gasteiger partial charge in [-0.3, -0.25) is 4.79 Å². The Kier molecular flexibility index (Phi) is 4.76. The minimum absolute atomic E-state index is 0.241. The summed E-state index contributed by atoms with van der Waals surface area (Å²) >= 11 is 0. The minimum Gasteiger partial charge on any atom is -0.510 e. The van der Waals surface area contributed by atoms with Gasteiger partial charge in [0.25, 0.3) is 5.91 Å². The van der Waals surface area contributed by atoms with Crippen LogP contribution >= 0.6 is 0 Å². The van der Waals surface area contributed by atoms with E-state index >= 15 is 0 Å². The van der Waals surface area contributed by atoms with Crippen LogP contribution in [0.3, 0.4) is 0 Å². The van der Waals surface area contributed by atoms with Gasteiger partial charge in [0.1, 0.15) is 5.76 Å². The molecule has 19 heavy (non-hydrogen) atoms. The van der Waals surface area contributed by atoms with Crippen LogP contribution in [0.5, 0.6) is 0 Å². The summed E-state index contributed by atoms with van der Waals surface area (Å²) in [5.74, 6) is -1.91. The van der Waals surface area contributed by atoms with E-state index in [0.717, 1.165) is 0 Å². The SMILES string of the molecule is COC(=O)c1cccc(NC(=O)C(N=O)=C(C)O)c1. The Morgan fingerprint density at radius 1 is 1.37 bits per heavy atom. The number of rotatable bonds is 4. The molecule has 7 nitrogen and oxygen atoms in total. The number of anilines is 1. The molecule has 0 radical (unpaired) electrons.